The Labute approximate surface area is 212 Å². The molecule has 0 aliphatic carbocycles. The van der Waals surface area contributed by atoms with Gasteiger partial charge in [0.1, 0.15) is 5.75 Å². The number of halogens is 1. The largest absolute Gasteiger partial charge is 0.494 e. The smallest absolute Gasteiger partial charge is 0.338 e. The molecule has 1 aromatic heterocycles. The summed E-state index contributed by atoms with van der Waals surface area (Å²) in [5, 5.41) is 0.569. The predicted molar refractivity (Wildman–Crippen MR) is 139 cm³/mol. The molecule has 0 fully saturated rings. The van der Waals surface area contributed by atoms with Crippen molar-refractivity contribution in [1.82, 2.24) is 4.57 Å². The minimum Gasteiger partial charge on any atom is -0.494 e. The van der Waals surface area contributed by atoms with E-state index in [-0.39, 0.29) is 11.7 Å². The van der Waals surface area contributed by atoms with Crippen molar-refractivity contribution in [3.05, 3.63) is 95.6 Å². The van der Waals surface area contributed by atoms with E-state index in [1.165, 1.54) is 11.3 Å². The first-order valence-electron chi connectivity index (χ1n) is 11.5. The van der Waals surface area contributed by atoms with Crippen LogP contribution in [0.4, 0.5) is 0 Å². The summed E-state index contributed by atoms with van der Waals surface area (Å²) in [4.78, 5) is 31.9. The highest BCUT2D eigenvalue weighted by molar-refractivity contribution is 7.07. The highest BCUT2D eigenvalue weighted by Gasteiger charge is 2.33. The summed E-state index contributed by atoms with van der Waals surface area (Å²) in [6.07, 6.45) is 2.46. The molecule has 8 heteroatoms. The van der Waals surface area contributed by atoms with Crippen molar-refractivity contribution >= 4 is 35.0 Å². The summed E-state index contributed by atoms with van der Waals surface area (Å²) < 4.78 is 13.3. The number of allylic oxidation sites excluding steroid dienone is 1. The van der Waals surface area contributed by atoms with Crippen LogP contribution in [0.3, 0.4) is 0 Å². The fraction of sp³-hybridized carbons (Fsp3) is 0.296. The third-order valence-electron chi connectivity index (χ3n) is 5.42. The second-order valence-corrected chi connectivity index (χ2v) is 9.95. The Morgan fingerprint density at radius 2 is 1.86 bits per heavy atom. The number of thiazole rings is 1. The fourth-order valence-corrected chi connectivity index (χ4v) is 5.02. The van der Waals surface area contributed by atoms with Gasteiger partial charge in [0.15, 0.2) is 4.80 Å². The van der Waals surface area contributed by atoms with Crippen molar-refractivity contribution in [1.29, 1.82) is 0 Å². The van der Waals surface area contributed by atoms with Crippen molar-refractivity contribution in [3.63, 3.8) is 0 Å². The Balaban J connectivity index is 1.83. The molecule has 1 atom stereocenters. The third kappa shape index (κ3) is 5.41. The zero-order chi connectivity index (χ0) is 25.1. The van der Waals surface area contributed by atoms with Crippen LogP contribution in [-0.4, -0.2) is 23.2 Å². The van der Waals surface area contributed by atoms with E-state index >= 15 is 0 Å². The van der Waals surface area contributed by atoms with Crippen LogP contribution in [0.15, 0.2) is 69.6 Å². The van der Waals surface area contributed by atoms with E-state index in [0.29, 0.717) is 32.2 Å². The van der Waals surface area contributed by atoms with Gasteiger partial charge in [-0.05, 0) is 68.7 Å². The van der Waals surface area contributed by atoms with Gasteiger partial charge >= 0.3 is 5.97 Å². The van der Waals surface area contributed by atoms with Crippen LogP contribution in [0.1, 0.15) is 51.3 Å². The molecular weight excluding hydrogens is 484 g/mol. The van der Waals surface area contributed by atoms with Gasteiger partial charge in [-0.25, -0.2) is 9.79 Å². The molecule has 1 unspecified atom stereocenters. The minimum absolute atomic E-state index is 0.220. The maximum atomic E-state index is 13.6. The van der Waals surface area contributed by atoms with Gasteiger partial charge in [-0.3, -0.25) is 9.36 Å². The quantitative estimate of drug-likeness (QED) is 0.434. The van der Waals surface area contributed by atoms with Crippen molar-refractivity contribution in [2.24, 2.45) is 4.99 Å². The molecule has 0 spiro atoms. The number of hydrogen-bond acceptors (Lipinski definition) is 6. The van der Waals surface area contributed by atoms with Gasteiger partial charge < -0.3 is 9.47 Å². The Morgan fingerprint density at radius 3 is 2.49 bits per heavy atom. The average Bonchev–Trinajstić information content (AvgIpc) is 3.12. The molecule has 2 aromatic carbocycles. The minimum atomic E-state index is -0.665. The number of carbonyl (C=O) groups is 1. The molecule has 0 radical (unpaired) electrons. The number of aromatic nitrogens is 1. The molecule has 2 heterocycles. The van der Waals surface area contributed by atoms with Gasteiger partial charge in [-0.15, -0.1) is 0 Å². The summed E-state index contributed by atoms with van der Waals surface area (Å²) in [5.74, 6) is 0.301. The number of ether oxygens (including phenoxy) is 2. The first-order chi connectivity index (χ1) is 16.8. The van der Waals surface area contributed by atoms with Crippen LogP contribution in [0.2, 0.25) is 5.02 Å². The molecular formula is C27H27ClN2O4S. The summed E-state index contributed by atoms with van der Waals surface area (Å²) in [6, 6.07) is 14.1. The summed E-state index contributed by atoms with van der Waals surface area (Å²) >= 11 is 7.40. The van der Waals surface area contributed by atoms with E-state index in [0.717, 1.165) is 23.3 Å². The molecule has 35 heavy (non-hydrogen) atoms. The first-order valence-corrected chi connectivity index (χ1v) is 12.7. The van der Waals surface area contributed by atoms with Gasteiger partial charge in [0.2, 0.25) is 0 Å². The Hall–Kier alpha value is -3.16. The monoisotopic (exact) mass is 510 g/mol. The number of esters is 1. The van der Waals surface area contributed by atoms with Crippen LogP contribution in [0.5, 0.6) is 5.75 Å². The van der Waals surface area contributed by atoms with Crippen molar-refractivity contribution in [3.8, 4) is 5.75 Å². The number of carbonyl (C=O) groups excluding carboxylic acids is 1. The van der Waals surface area contributed by atoms with Gasteiger partial charge in [0, 0.05) is 5.02 Å². The third-order valence-corrected chi connectivity index (χ3v) is 6.66. The first kappa shape index (κ1) is 24.9. The molecule has 0 saturated carbocycles. The van der Waals surface area contributed by atoms with Crippen LogP contribution in [0.25, 0.3) is 6.08 Å². The van der Waals surface area contributed by atoms with E-state index in [1.807, 2.05) is 42.5 Å². The molecule has 0 N–H and O–H groups in total. The summed E-state index contributed by atoms with van der Waals surface area (Å²) in [6.45, 7) is 8.06. The van der Waals surface area contributed by atoms with E-state index in [2.05, 4.69) is 11.9 Å². The number of benzene rings is 2. The lowest BCUT2D eigenvalue weighted by Crippen LogP contribution is -2.40. The lowest BCUT2D eigenvalue weighted by atomic mass is 9.96. The highest BCUT2D eigenvalue weighted by Crippen LogP contribution is 2.31. The molecule has 0 amide bonds. The topological polar surface area (TPSA) is 69.9 Å². The average molecular weight is 511 g/mol. The van der Waals surface area contributed by atoms with Crippen LogP contribution in [-0.2, 0) is 9.53 Å². The van der Waals surface area contributed by atoms with E-state index in [9.17, 15) is 9.59 Å². The fourth-order valence-electron chi connectivity index (χ4n) is 3.85. The van der Waals surface area contributed by atoms with Gasteiger partial charge in [-0.2, -0.15) is 0 Å². The second-order valence-electron chi connectivity index (χ2n) is 8.50. The highest BCUT2D eigenvalue weighted by atomic mass is 35.5. The lowest BCUT2D eigenvalue weighted by Gasteiger charge is -2.25. The Kier molecular flexibility index (Phi) is 7.57. The second kappa shape index (κ2) is 10.6. The molecule has 6 nitrogen and oxygen atoms in total. The molecule has 0 saturated heterocycles. The summed E-state index contributed by atoms with van der Waals surface area (Å²) in [7, 11) is 0. The molecule has 182 valence electrons. The van der Waals surface area contributed by atoms with E-state index in [1.54, 1.807) is 37.5 Å². The van der Waals surface area contributed by atoms with E-state index in [4.69, 9.17) is 21.1 Å². The number of hydrogen-bond donors (Lipinski definition) is 0. The lowest BCUT2D eigenvalue weighted by molar-refractivity contribution is -0.143. The molecule has 0 bridgehead atoms. The van der Waals surface area contributed by atoms with Crippen LogP contribution >= 0.6 is 22.9 Å². The summed E-state index contributed by atoms with van der Waals surface area (Å²) in [5.41, 5.74) is 2.28. The molecule has 4 rings (SSSR count). The zero-order valence-corrected chi connectivity index (χ0v) is 21.7. The Morgan fingerprint density at radius 1 is 1.17 bits per heavy atom. The van der Waals surface area contributed by atoms with Crippen molar-refractivity contribution < 1.29 is 14.3 Å². The van der Waals surface area contributed by atoms with E-state index < -0.39 is 12.0 Å². The number of rotatable bonds is 7. The molecule has 1 aliphatic heterocycles. The normalized spacial score (nSPS) is 15.7. The predicted octanol–water partition coefficient (Wildman–Crippen LogP) is 4.63. The van der Waals surface area contributed by atoms with Gasteiger partial charge in [-0.1, -0.05) is 54.1 Å². The number of fused-ring (bicyclic) bond motifs is 1. The van der Waals surface area contributed by atoms with Crippen molar-refractivity contribution in [2.45, 2.75) is 46.3 Å². The molecule has 3 aromatic rings. The van der Waals surface area contributed by atoms with Crippen molar-refractivity contribution in [2.75, 3.05) is 6.61 Å². The van der Waals surface area contributed by atoms with Gasteiger partial charge in [0.25, 0.3) is 5.56 Å². The van der Waals surface area contributed by atoms with Crippen LogP contribution in [0, 0.1) is 0 Å². The number of nitrogens with zero attached hydrogens (tertiary/aromatic N) is 2. The Bertz CT molecular complexity index is 1430. The van der Waals surface area contributed by atoms with Gasteiger partial charge in [0.05, 0.1) is 34.6 Å². The van der Waals surface area contributed by atoms with Crippen LogP contribution < -0.4 is 19.6 Å². The molecule has 1 aliphatic rings. The maximum absolute atomic E-state index is 13.6. The zero-order valence-electron chi connectivity index (χ0n) is 20.1. The standard InChI is InChI=1S/C27H27ClN2O4S/c1-5-14-33-21-12-6-18(7-13-21)15-22-25(31)30-24(19-8-10-20(28)11-9-19)23(26(32)34-16(2)3)17(4)29-27(30)35-22/h6-13,15-16,24H,5,14H2,1-4H3. The maximum Gasteiger partial charge on any atom is 0.338 e. The SMILES string of the molecule is CCCOc1ccc(C=c2sc3n(c2=O)C(c2ccc(Cl)cc2)C(C(=O)OC(C)C)=C(C)N=3)cc1.